The second-order valence-corrected chi connectivity index (χ2v) is 5.17. The Bertz CT molecular complexity index is 390. The van der Waals surface area contributed by atoms with Gasteiger partial charge in [0, 0.05) is 18.4 Å². The van der Waals surface area contributed by atoms with Crippen LogP contribution in [0.25, 0.3) is 0 Å². The number of nitrogens with two attached hydrogens (primary N) is 1. The van der Waals surface area contributed by atoms with E-state index in [1.54, 1.807) is 0 Å². The molecule has 0 radical (unpaired) electrons. The largest absolute Gasteiger partial charge is 0.355 e. The molecule has 0 aliphatic heterocycles. The topological polar surface area (TPSA) is 55.1 Å². The Hall–Kier alpha value is -1.06. The van der Waals surface area contributed by atoms with Crippen molar-refractivity contribution in [2.24, 2.45) is 5.73 Å². The van der Waals surface area contributed by atoms with Crippen LogP contribution in [0, 0.1) is 0 Å². The molecule has 19 heavy (non-hydrogen) atoms. The fraction of sp³-hybridized carbons (Fsp3) is 0.533. The molecule has 3 N–H and O–H groups in total. The quantitative estimate of drug-likeness (QED) is 0.842. The van der Waals surface area contributed by atoms with E-state index in [1.165, 1.54) is 24.8 Å². The van der Waals surface area contributed by atoms with Gasteiger partial charge in [-0.1, -0.05) is 36.8 Å². The van der Waals surface area contributed by atoms with Crippen LogP contribution < -0.4 is 11.1 Å². The fourth-order valence-electron chi connectivity index (χ4n) is 2.58. The van der Waals surface area contributed by atoms with Crippen LogP contribution in [0.4, 0.5) is 0 Å². The Morgan fingerprint density at radius 2 is 1.95 bits per heavy atom. The Morgan fingerprint density at radius 3 is 2.47 bits per heavy atom. The van der Waals surface area contributed by atoms with Crippen molar-refractivity contribution in [2.75, 3.05) is 13.1 Å². The third-order valence-corrected chi connectivity index (χ3v) is 3.93. The predicted octanol–water partition coefficient (Wildman–Crippen LogP) is 2.39. The Labute approximate surface area is 121 Å². The standard InChI is InChI=1S/C15H22N2O.ClH/c16-11-4-8-14(18)17-12-15(9-5-10-15)13-6-2-1-3-7-13;/h1-3,6-7H,4-5,8-12,16H2,(H,17,18);1H. The second kappa shape index (κ2) is 7.51. The summed E-state index contributed by atoms with van der Waals surface area (Å²) in [6, 6.07) is 10.5. The van der Waals surface area contributed by atoms with E-state index in [9.17, 15) is 4.79 Å². The lowest BCUT2D eigenvalue weighted by Crippen LogP contribution is -2.45. The van der Waals surface area contributed by atoms with Gasteiger partial charge in [-0.2, -0.15) is 0 Å². The number of carbonyl (C=O) groups excluding carboxylic acids is 1. The van der Waals surface area contributed by atoms with Crippen molar-refractivity contribution in [3.63, 3.8) is 0 Å². The summed E-state index contributed by atoms with van der Waals surface area (Å²) in [5.74, 6) is 0.127. The minimum Gasteiger partial charge on any atom is -0.355 e. The summed E-state index contributed by atoms with van der Waals surface area (Å²) in [6.45, 7) is 1.34. The van der Waals surface area contributed by atoms with Crippen molar-refractivity contribution in [3.05, 3.63) is 35.9 Å². The first kappa shape index (κ1) is 16.0. The lowest BCUT2D eigenvalue weighted by molar-refractivity contribution is -0.121. The van der Waals surface area contributed by atoms with Crippen molar-refractivity contribution < 1.29 is 4.79 Å². The number of amides is 1. The number of hydrogen-bond donors (Lipinski definition) is 2. The lowest BCUT2D eigenvalue weighted by atomic mass is 9.64. The summed E-state index contributed by atoms with van der Waals surface area (Å²) in [7, 11) is 0. The molecule has 0 spiro atoms. The molecule has 1 aromatic rings. The van der Waals surface area contributed by atoms with Gasteiger partial charge in [0.1, 0.15) is 0 Å². The maximum Gasteiger partial charge on any atom is 0.220 e. The van der Waals surface area contributed by atoms with Gasteiger partial charge < -0.3 is 11.1 Å². The molecule has 0 atom stereocenters. The molecule has 1 saturated carbocycles. The maximum atomic E-state index is 11.7. The first-order valence-electron chi connectivity index (χ1n) is 6.79. The summed E-state index contributed by atoms with van der Waals surface area (Å²) >= 11 is 0. The number of hydrogen-bond acceptors (Lipinski definition) is 2. The van der Waals surface area contributed by atoms with Gasteiger partial charge in [0.05, 0.1) is 0 Å². The van der Waals surface area contributed by atoms with Gasteiger partial charge in [-0.3, -0.25) is 4.79 Å². The molecule has 4 heteroatoms. The minimum absolute atomic E-state index is 0. The van der Waals surface area contributed by atoms with Gasteiger partial charge in [0.25, 0.3) is 0 Å². The Morgan fingerprint density at radius 1 is 1.26 bits per heavy atom. The summed E-state index contributed by atoms with van der Waals surface area (Å²) < 4.78 is 0. The van der Waals surface area contributed by atoms with Crippen LogP contribution in [0.5, 0.6) is 0 Å². The average Bonchev–Trinajstić information content (AvgIpc) is 2.36. The molecule has 1 amide bonds. The van der Waals surface area contributed by atoms with Crippen molar-refractivity contribution in [2.45, 2.75) is 37.5 Å². The molecule has 2 rings (SSSR count). The number of nitrogens with one attached hydrogen (secondary N) is 1. The van der Waals surface area contributed by atoms with Gasteiger partial charge in [-0.25, -0.2) is 0 Å². The van der Waals surface area contributed by atoms with Gasteiger partial charge in [-0.05, 0) is 31.4 Å². The van der Waals surface area contributed by atoms with Crippen LogP contribution in [0.2, 0.25) is 0 Å². The van der Waals surface area contributed by atoms with Crippen molar-refractivity contribution in [3.8, 4) is 0 Å². The Kier molecular flexibility index (Phi) is 6.32. The van der Waals surface area contributed by atoms with Crippen molar-refractivity contribution >= 4 is 18.3 Å². The van der Waals surface area contributed by atoms with Crippen molar-refractivity contribution in [1.29, 1.82) is 0 Å². The van der Waals surface area contributed by atoms with Crippen LogP contribution >= 0.6 is 12.4 Å². The summed E-state index contributed by atoms with van der Waals surface area (Å²) in [4.78, 5) is 11.7. The summed E-state index contributed by atoms with van der Waals surface area (Å²) in [6.07, 6.45) is 4.92. The molecule has 0 saturated heterocycles. The van der Waals surface area contributed by atoms with Crippen LogP contribution in [-0.2, 0) is 10.2 Å². The van der Waals surface area contributed by atoms with Crippen LogP contribution in [0.1, 0.15) is 37.7 Å². The third kappa shape index (κ3) is 3.95. The molecule has 106 valence electrons. The zero-order valence-electron chi connectivity index (χ0n) is 11.2. The van der Waals surface area contributed by atoms with E-state index < -0.39 is 0 Å². The molecular formula is C15H23ClN2O. The number of halogens is 1. The van der Waals surface area contributed by atoms with E-state index in [4.69, 9.17) is 5.73 Å². The number of benzene rings is 1. The molecule has 1 aliphatic rings. The highest BCUT2D eigenvalue weighted by molar-refractivity contribution is 5.85. The van der Waals surface area contributed by atoms with Crippen LogP contribution in [0.15, 0.2) is 30.3 Å². The highest BCUT2D eigenvalue weighted by atomic mass is 35.5. The van der Waals surface area contributed by atoms with Gasteiger partial charge in [0.2, 0.25) is 5.91 Å². The monoisotopic (exact) mass is 282 g/mol. The first-order valence-corrected chi connectivity index (χ1v) is 6.79. The zero-order valence-corrected chi connectivity index (χ0v) is 12.0. The zero-order chi connectivity index (χ0) is 12.8. The Balaban J connectivity index is 0.00000180. The molecular weight excluding hydrogens is 260 g/mol. The SMILES string of the molecule is Cl.NCCCC(=O)NCC1(c2ccccc2)CCC1. The number of rotatable bonds is 6. The fourth-order valence-corrected chi connectivity index (χ4v) is 2.58. The first-order chi connectivity index (χ1) is 8.77. The molecule has 1 aromatic carbocycles. The molecule has 0 heterocycles. The summed E-state index contributed by atoms with van der Waals surface area (Å²) in [5, 5.41) is 3.06. The van der Waals surface area contributed by atoms with Crippen molar-refractivity contribution in [1.82, 2.24) is 5.32 Å². The van der Waals surface area contributed by atoms with E-state index in [2.05, 4.69) is 29.6 Å². The third-order valence-electron chi connectivity index (χ3n) is 3.93. The molecule has 3 nitrogen and oxygen atoms in total. The molecule has 0 unspecified atom stereocenters. The van der Waals surface area contributed by atoms with E-state index in [0.717, 1.165) is 13.0 Å². The van der Waals surface area contributed by atoms with E-state index >= 15 is 0 Å². The maximum absolute atomic E-state index is 11.7. The second-order valence-electron chi connectivity index (χ2n) is 5.17. The van der Waals surface area contributed by atoms with Crippen LogP contribution in [-0.4, -0.2) is 19.0 Å². The predicted molar refractivity (Wildman–Crippen MR) is 80.5 cm³/mol. The van der Waals surface area contributed by atoms with Gasteiger partial charge in [0.15, 0.2) is 0 Å². The van der Waals surface area contributed by atoms with E-state index in [0.29, 0.717) is 13.0 Å². The van der Waals surface area contributed by atoms with E-state index in [1.807, 2.05) is 6.07 Å². The normalized spacial score (nSPS) is 16.1. The van der Waals surface area contributed by atoms with Gasteiger partial charge >= 0.3 is 0 Å². The van der Waals surface area contributed by atoms with Crippen LogP contribution in [0.3, 0.4) is 0 Å². The smallest absolute Gasteiger partial charge is 0.220 e. The number of carbonyl (C=O) groups is 1. The van der Waals surface area contributed by atoms with Gasteiger partial charge in [-0.15, -0.1) is 12.4 Å². The highest BCUT2D eigenvalue weighted by Crippen LogP contribution is 2.43. The molecule has 0 aromatic heterocycles. The molecule has 1 aliphatic carbocycles. The summed E-state index contributed by atoms with van der Waals surface area (Å²) in [5.41, 5.74) is 6.94. The highest BCUT2D eigenvalue weighted by Gasteiger charge is 2.38. The molecule has 1 fully saturated rings. The average molecular weight is 283 g/mol. The lowest BCUT2D eigenvalue weighted by Gasteiger charge is -2.42. The van der Waals surface area contributed by atoms with E-state index in [-0.39, 0.29) is 23.7 Å². The molecule has 0 bridgehead atoms. The minimum atomic E-state index is 0.